The molecule has 740 valence electrons. The summed E-state index contributed by atoms with van der Waals surface area (Å²) in [6.45, 7) is 7.97. The Labute approximate surface area is 809 Å². The number of H-pyrrole nitrogens is 4. The highest BCUT2D eigenvalue weighted by Crippen LogP contribution is 2.44. The normalized spacial score (nSPS) is 12.1. The average Bonchev–Trinajstić information content (AvgIpc) is 1.69. The molecule has 16 aromatic rings. The zero-order valence-corrected chi connectivity index (χ0v) is 79.0. The third-order valence-electron chi connectivity index (χ3n) is 20.4. The van der Waals surface area contributed by atoms with E-state index >= 15 is 0 Å². The summed E-state index contributed by atoms with van der Waals surface area (Å²) >= 11 is 16.8. The Morgan fingerprint density at radius 3 is 1.02 bits per heavy atom. The second kappa shape index (κ2) is 40.5. The molecule has 10 N–H and O–H groups in total. The number of fused-ring (bicyclic) bond motifs is 4. The van der Waals surface area contributed by atoms with Crippen LogP contribution in [-0.2, 0) is 64.8 Å². The zero-order valence-electron chi connectivity index (χ0n) is 73.5. The number of methoxy groups -OCH3 is 3. The Morgan fingerprint density at radius 2 is 0.676 bits per heavy atom. The van der Waals surface area contributed by atoms with Gasteiger partial charge in [-0.2, -0.15) is 52.7 Å². The largest absolute Gasteiger partial charge is 0.494 e. The summed E-state index contributed by atoms with van der Waals surface area (Å²) in [5, 5.41) is 19.6. The molecule has 34 nitrogen and oxygen atoms in total. The van der Waals surface area contributed by atoms with E-state index in [-0.39, 0.29) is 125 Å². The first-order chi connectivity index (χ1) is 66.6. The van der Waals surface area contributed by atoms with Gasteiger partial charge in [-0.3, -0.25) is 58.0 Å². The van der Waals surface area contributed by atoms with Crippen LogP contribution in [0.3, 0.4) is 0 Å². The minimum Gasteiger partial charge on any atom is -0.494 e. The maximum atomic E-state index is 13.8. The smallest absolute Gasteiger partial charge is 0.417 e. The number of halogens is 15. The standard InChI is InChI=1S/C24H20ClF3N4O4S.C23H19F3N4O5S.C21H14ClF3N4O5S.C21H14ClF3N4O4S/c1-12(2)36-19-11-31-23-15(6-7-29-23)20(19)22(33)21-18(8-13(3)10-30-21)32-37(34,35)14-4-5-17(25)16(9-14)24(26,27)28;1-12-8-17(29-36(33,34)14-5-4-13(2)16(9-14)23(24,25)26)20(28-10-12)21(31)19-15-6-7-27-22(15)30(32)11-18(19)35-3;1-34-16-10-29(31)20-12(6-8-27-20)17(16)19(30)18-15(3-2-7-26-18)28-35(32,33)11-4-5-14(22)13(9-11)21(23,24)25;1-33-16-10-28-20-12(6-8-27-20)17(16)19(30)18-15(3-2-7-26-18)29-34(31,32)11-4-5-14(22)13(9-11)21(23,24)25/h4-12,32H,1-3H3,(H,29,31);4-11,32H,1-3H3,(H,29,31);2-10,31H,1H3,(H,28,30);2-10,29H,1H3,(H,27,28)/p+2. The van der Waals surface area contributed by atoms with Crippen LogP contribution in [-0.4, -0.2) is 144 Å². The summed E-state index contributed by atoms with van der Waals surface area (Å²) in [6, 6.07) is 23.2. The first-order valence-corrected chi connectivity index (χ1v) is 47.3. The number of anilines is 4. The number of aromatic amines is 4. The van der Waals surface area contributed by atoms with Crippen LogP contribution in [0.2, 0.25) is 15.1 Å². The molecule has 12 aromatic heterocycles. The van der Waals surface area contributed by atoms with Crippen molar-refractivity contribution in [1.82, 2.24) is 49.8 Å². The molecule has 0 radical (unpaired) electrons. The predicted molar refractivity (Wildman–Crippen MR) is 488 cm³/mol. The number of aryl methyl sites for hydroxylation is 3. The second-order valence-electron chi connectivity index (χ2n) is 30.4. The lowest BCUT2D eigenvalue weighted by Crippen LogP contribution is -2.32. The highest BCUT2D eigenvalue weighted by Gasteiger charge is 2.41. The number of alkyl halides is 12. The van der Waals surface area contributed by atoms with Crippen molar-refractivity contribution in [2.75, 3.05) is 40.2 Å². The van der Waals surface area contributed by atoms with Crippen LogP contribution in [0.4, 0.5) is 75.4 Å². The van der Waals surface area contributed by atoms with Crippen molar-refractivity contribution in [2.24, 2.45) is 0 Å². The molecule has 0 saturated heterocycles. The number of ether oxygens (including phenoxy) is 4. The summed E-state index contributed by atoms with van der Waals surface area (Å²) in [6.07, 6.45) is -3.38. The third kappa shape index (κ3) is 22.3. The van der Waals surface area contributed by atoms with Crippen LogP contribution in [0.15, 0.2) is 227 Å². The molecule has 0 amide bonds. The summed E-state index contributed by atoms with van der Waals surface area (Å²) in [4.78, 5) is 87.4. The van der Waals surface area contributed by atoms with E-state index in [0.29, 0.717) is 62.2 Å². The van der Waals surface area contributed by atoms with E-state index in [2.05, 4.69) is 68.7 Å². The molecule has 0 unspecified atom stereocenters. The molecule has 0 aliphatic carbocycles. The van der Waals surface area contributed by atoms with E-state index in [1.54, 1.807) is 52.2 Å². The van der Waals surface area contributed by atoms with Gasteiger partial charge in [0.05, 0.1) is 165 Å². The highest BCUT2D eigenvalue weighted by molar-refractivity contribution is 7.93. The topological polar surface area (TPSA) is 479 Å². The fourth-order valence-corrected chi connectivity index (χ4v) is 19.0. The number of benzene rings is 4. The molecule has 0 aliphatic heterocycles. The Morgan fingerprint density at radius 1 is 0.373 bits per heavy atom. The number of sulfonamides is 4. The van der Waals surface area contributed by atoms with Crippen molar-refractivity contribution in [3.8, 4) is 23.0 Å². The van der Waals surface area contributed by atoms with Crippen LogP contribution < -0.4 is 47.3 Å². The number of ketones is 4. The number of nitrogens with zero attached hydrogens (tertiary/aromatic N) is 8. The lowest BCUT2D eigenvalue weighted by molar-refractivity contribution is -0.886. The maximum Gasteiger partial charge on any atom is 0.417 e. The molecule has 142 heavy (non-hydrogen) atoms. The number of carbonyl (C=O) groups is 4. The molecule has 53 heteroatoms. The number of carbonyl (C=O) groups excluding carboxylic acids is 4. The maximum absolute atomic E-state index is 13.8. The van der Waals surface area contributed by atoms with Gasteiger partial charge in [0.1, 0.15) is 45.6 Å². The Hall–Kier alpha value is -15.3. The summed E-state index contributed by atoms with van der Waals surface area (Å²) in [5.41, 5.74) is -5.12. The average molecular weight is 2110 g/mol. The van der Waals surface area contributed by atoms with E-state index in [4.69, 9.17) is 53.8 Å². The number of rotatable bonds is 25. The lowest BCUT2D eigenvalue weighted by Gasteiger charge is -2.16. The number of pyridine rings is 8. The van der Waals surface area contributed by atoms with Gasteiger partial charge in [0.2, 0.25) is 23.1 Å². The van der Waals surface area contributed by atoms with Crippen LogP contribution >= 0.6 is 34.8 Å². The van der Waals surface area contributed by atoms with Gasteiger partial charge >= 0.3 is 36.0 Å². The first-order valence-electron chi connectivity index (χ1n) is 40.2. The SMILES string of the molecule is COc1c[n+](O)c2[nH]ccc2c1C(=O)c1ncc(C)cc1NS(=O)(=O)c1ccc(C)c(C(F)(F)F)c1.COc1c[n+](O)c2[nH]ccc2c1C(=O)c1ncccc1NS(=O)(=O)c1ccc(Cl)c(C(F)(F)F)c1.COc1cnc2[nH]ccc2c1C(=O)c1ncccc1NS(=O)(=O)c1ccc(Cl)c(C(F)(F)F)c1.Cc1cnc(C(=O)c2c(OC(C)C)cnc3[nH]ccc23)c(NS(=O)(=O)c2ccc(Cl)c(C(F)(F)F)c2)c1. The molecular formula is C89H69Cl3F12N16O18S4+2. The third-order valence-corrected chi connectivity index (χ3v) is 26.9. The zero-order chi connectivity index (χ0) is 104. The predicted octanol–water partition coefficient (Wildman–Crippen LogP) is 18.0. The van der Waals surface area contributed by atoms with Gasteiger partial charge in [0.25, 0.3) is 40.1 Å². The van der Waals surface area contributed by atoms with E-state index in [1.807, 2.05) is 0 Å². The van der Waals surface area contributed by atoms with Gasteiger partial charge < -0.3 is 39.3 Å². The second-order valence-corrected chi connectivity index (χ2v) is 38.4. The van der Waals surface area contributed by atoms with E-state index in [1.165, 1.54) is 126 Å². The molecule has 0 atom stereocenters. The quantitative estimate of drug-likeness (QED) is 0.0110. The van der Waals surface area contributed by atoms with Crippen molar-refractivity contribution < 1.29 is 144 Å². The van der Waals surface area contributed by atoms with Crippen LogP contribution in [0.25, 0.3) is 44.1 Å². The van der Waals surface area contributed by atoms with Gasteiger partial charge in [-0.25, -0.2) is 53.6 Å². The Bertz CT molecular complexity index is 8220. The van der Waals surface area contributed by atoms with Gasteiger partial charge in [0.15, 0.2) is 23.9 Å². The van der Waals surface area contributed by atoms with Gasteiger partial charge in [-0.05, 0) is 188 Å². The minimum absolute atomic E-state index is 0.00876. The summed E-state index contributed by atoms with van der Waals surface area (Å²) in [5.74, 6) is -2.62. The van der Waals surface area contributed by atoms with Gasteiger partial charge in [-0.1, -0.05) is 40.9 Å². The molecule has 0 fully saturated rings. The van der Waals surface area contributed by atoms with E-state index in [9.17, 15) is 116 Å². The Balaban J connectivity index is 0.000000159. The van der Waals surface area contributed by atoms with Crippen molar-refractivity contribution >= 4 is 165 Å². The molecule has 12 heterocycles. The number of hydrogen-bond acceptors (Lipinski definition) is 24. The molecule has 4 aromatic carbocycles. The number of aromatic nitrogens is 12. The van der Waals surface area contributed by atoms with Crippen molar-refractivity contribution in [1.29, 1.82) is 0 Å². The van der Waals surface area contributed by atoms with Gasteiger partial charge in [-0.15, -0.1) is 0 Å². The summed E-state index contributed by atoms with van der Waals surface area (Å²) < 4.78 is 295. The molecule has 0 spiro atoms. The molecule has 0 saturated carbocycles. The fraction of sp³-hybridized carbons (Fsp3) is 0.146. The Kier molecular flexibility index (Phi) is 29.7. The molecule has 16 rings (SSSR count). The van der Waals surface area contributed by atoms with E-state index in [0.717, 1.165) is 65.7 Å². The van der Waals surface area contributed by atoms with Crippen LogP contribution in [0.5, 0.6) is 23.0 Å². The lowest BCUT2D eigenvalue weighted by atomic mass is 10.0. The number of hydrogen-bond donors (Lipinski definition) is 10. The summed E-state index contributed by atoms with van der Waals surface area (Å²) in [7, 11) is -14.4. The van der Waals surface area contributed by atoms with Crippen LogP contribution in [0, 0.1) is 20.8 Å². The monoisotopic (exact) mass is 2110 g/mol. The number of nitrogens with one attached hydrogen (secondary N) is 8. The fourth-order valence-electron chi connectivity index (χ4n) is 14.0. The van der Waals surface area contributed by atoms with Crippen molar-refractivity contribution in [3.05, 3.63) is 307 Å². The molecule has 0 aliphatic rings. The molecular weight excluding hydrogens is 2040 g/mol. The van der Waals surface area contributed by atoms with E-state index < -0.39 is 145 Å². The van der Waals surface area contributed by atoms with Crippen molar-refractivity contribution in [3.63, 3.8) is 0 Å². The van der Waals surface area contributed by atoms with Crippen molar-refractivity contribution in [2.45, 2.75) is 85.0 Å². The minimum atomic E-state index is -4.88. The van der Waals surface area contributed by atoms with Crippen LogP contribution in [0.1, 0.15) is 117 Å². The van der Waals surface area contributed by atoms with Gasteiger partial charge in [0, 0.05) is 48.0 Å². The molecule has 0 bridgehead atoms. The highest BCUT2D eigenvalue weighted by atomic mass is 35.5. The first kappa shape index (κ1) is 104.